The third-order valence-corrected chi connectivity index (χ3v) is 4.49. The summed E-state index contributed by atoms with van der Waals surface area (Å²) in [5.41, 5.74) is 1.47. The van der Waals surface area contributed by atoms with Crippen molar-refractivity contribution in [1.82, 2.24) is 10.2 Å². The van der Waals surface area contributed by atoms with E-state index in [0.717, 1.165) is 19.1 Å². The highest BCUT2D eigenvalue weighted by atomic mass is 15.2. The lowest BCUT2D eigenvalue weighted by Gasteiger charge is -2.41. The van der Waals surface area contributed by atoms with Crippen LogP contribution in [0, 0.1) is 0 Å². The molecule has 20 heavy (non-hydrogen) atoms. The quantitative estimate of drug-likeness (QED) is 0.756. The summed E-state index contributed by atoms with van der Waals surface area (Å²) in [5, 5.41) is 3.63. The largest absolute Gasteiger partial charge is 0.315 e. The molecule has 0 aliphatic carbocycles. The molecule has 1 fully saturated rings. The molecule has 112 valence electrons. The molecule has 0 spiro atoms. The van der Waals surface area contributed by atoms with Crippen LogP contribution in [0.4, 0.5) is 0 Å². The number of nitrogens with one attached hydrogen (secondary N) is 1. The summed E-state index contributed by atoms with van der Waals surface area (Å²) in [5.74, 6) is 0. The molecule has 2 rings (SSSR count). The van der Waals surface area contributed by atoms with E-state index in [-0.39, 0.29) is 0 Å². The predicted octanol–water partition coefficient (Wildman–Crippen LogP) is 3.99. The molecule has 0 amide bonds. The molecule has 1 aromatic rings. The third-order valence-electron chi connectivity index (χ3n) is 4.49. The Morgan fingerprint density at radius 3 is 2.70 bits per heavy atom. The fourth-order valence-corrected chi connectivity index (χ4v) is 3.39. The monoisotopic (exact) mass is 274 g/mol. The van der Waals surface area contributed by atoms with E-state index in [0.29, 0.717) is 6.04 Å². The van der Waals surface area contributed by atoms with Crippen LogP contribution in [0.2, 0.25) is 0 Å². The zero-order chi connectivity index (χ0) is 14.2. The molecule has 0 aromatic heterocycles. The van der Waals surface area contributed by atoms with Gasteiger partial charge in [0.25, 0.3) is 0 Å². The van der Waals surface area contributed by atoms with E-state index in [9.17, 15) is 0 Å². The maximum Gasteiger partial charge on any atom is 0.0475 e. The molecular weight excluding hydrogens is 244 g/mol. The van der Waals surface area contributed by atoms with Gasteiger partial charge in [-0.25, -0.2) is 0 Å². The maximum atomic E-state index is 3.63. The van der Waals surface area contributed by atoms with E-state index in [4.69, 9.17) is 0 Å². The third kappa shape index (κ3) is 4.07. The first-order valence-electron chi connectivity index (χ1n) is 8.38. The van der Waals surface area contributed by atoms with Crippen LogP contribution in [0.5, 0.6) is 0 Å². The molecule has 0 saturated carbocycles. The molecule has 1 saturated heterocycles. The van der Waals surface area contributed by atoms with Crippen LogP contribution in [0.25, 0.3) is 0 Å². The van der Waals surface area contributed by atoms with Crippen molar-refractivity contribution in [3.63, 3.8) is 0 Å². The standard InChI is InChI=1S/C18H30N2/c1-3-13-19-15-18(16-10-6-5-7-11-16)20-14-9-8-12-17(20)4-2/h5-7,10-11,17-19H,3-4,8-9,12-15H2,1-2H3. The van der Waals surface area contributed by atoms with Gasteiger partial charge in [0.15, 0.2) is 0 Å². The lowest BCUT2D eigenvalue weighted by molar-refractivity contribution is 0.0903. The Kier molecular flexibility index (Phi) is 6.55. The molecule has 1 aliphatic rings. The maximum absolute atomic E-state index is 3.63. The van der Waals surface area contributed by atoms with Gasteiger partial charge in [-0.1, -0.05) is 50.6 Å². The van der Waals surface area contributed by atoms with Crippen LogP contribution in [0.1, 0.15) is 57.6 Å². The van der Waals surface area contributed by atoms with Crippen molar-refractivity contribution in [2.75, 3.05) is 19.6 Å². The van der Waals surface area contributed by atoms with Crippen molar-refractivity contribution in [1.29, 1.82) is 0 Å². The van der Waals surface area contributed by atoms with E-state index in [1.165, 1.54) is 44.2 Å². The number of piperidine rings is 1. The molecule has 2 unspecified atom stereocenters. The van der Waals surface area contributed by atoms with E-state index < -0.39 is 0 Å². The predicted molar refractivity (Wildman–Crippen MR) is 87.0 cm³/mol. The highest BCUT2D eigenvalue weighted by Gasteiger charge is 2.28. The normalized spacial score (nSPS) is 21.8. The Labute approximate surface area is 124 Å². The lowest BCUT2D eigenvalue weighted by atomic mass is 9.94. The first-order chi connectivity index (χ1) is 9.86. The lowest BCUT2D eigenvalue weighted by Crippen LogP contribution is -2.45. The summed E-state index contributed by atoms with van der Waals surface area (Å²) in [6.07, 6.45) is 6.61. The van der Waals surface area contributed by atoms with Gasteiger partial charge in [-0.2, -0.15) is 0 Å². The summed E-state index contributed by atoms with van der Waals surface area (Å²) in [7, 11) is 0. The van der Waals surface area contributed by atoms with Gasteiger partial charge in [-0.05, 0) is 44.3 Å². The average Bonchev–Trinajstić information content (AvgIpc) is 2.52. The molecule has 0 radical (unpaired) electrons. The van der Waals surface area contributed by atoms with Gasteiger partial charge in [0, 0.05) is 18.6 Å². The number of rotatable bonds is 7. The number of hydrogen-bond acceptors (Lipinski definition) is 2. The Balaban J connectivity index is 2.12. The van der Waals surface area contributed by atoms with Crippen LogP contribution in [0.15, 0.2) is 30.3 Å². The van der Waals surface area contributed by atoms with Crippen molar-refractivity contribution >= 4 is 0 Å². The van der Waals surface area contributed by atoms with E-state index in [2.05, 4.69) is 54.4 Å². The fraction of sp³-hybridized carbons (Fsp3) is 0.667. The molecule has 2 atom stereocenters. The van der Waals surface area contributed by atoms with E-state index in [1.807, 2.05) is 0 Å². The number of likely N-dealkylation sites (tertiary alicyclic amines) is 1. The van der Waals surface area contributed by atoms with Crippen molar-refractivity contribution < 1.29 is 0 Å². The Morgan fingerprint density at radius 1 is 1.20 bits per heavy atom. The second-order valence-electron chi connectivity index (χ2n) is 5.93. The van der Waals surface area contributed by atoms with Crippen LogP contribution in [-0.4, -0.2) is 30.6 Å². The molecule has 1 N–H and O–H groups in total. The Bertz CT molecular complexity index is 363. The summed E-state index contributed by atoms with van der Waals surface area (Å²) in [6.45, 7) is 8.03. The van der Waals surface area contributed by atoms with E-state index >= 15 is 0 Å². The summed E-state index contributed by atoms with van der Waals surface area (Å²) < 4.78 is 0. The van der Waals surface area contributed by atoms with Gasteiger partial charge in [-0.15, -0.1) is 0 Å². The van der Waals surface area contributed by atoms with Gasteiger partial charge >= 0.3 is 0 Å². The van der Waals surface area contributed by atoms with Crippen LogP contribution >= 0.6 is 0 Å². The van der Waals surface area contributed by atoms with Crippen molar-refractivity contribution in [2.24, 2.45) is 0 Å². The first-order valence-corrected chi connectivity index (χ1v) is 8.38. The van der Waals surface area contributed by atoms with E-state index in [1.54, 1.807) is 0 Å². The average molecular weight is 274 g/mol. The summed E-state index contributed by atoms with van der Waals surface area (Å²) >= 11 is 0. The number of nitrogens with zero attached hydrogens (tertiary/aromatic N) is 1. The highest BCUT2D eigenvalue weighted by Crippen LogP contribution is 2.29. The first kappa shape index (κ1) is 15.5. The summed E-state index contributed by atoms with van der Waals surface area (Å²) in [4.78, 5) is 2.75. The van der Waals surface area contributed by atoms with Gasteiger partial charge in [0.1, 0.15) is 0 Å². The minimum Gasteiger partial charge on any atom is -0.315 e. The topological polar surface area (TPSA) is 15.3 Å². The zero-order valence-corrected chi connectivity index (χ0v) is 13.1. The molecule has 1 heterocycles. The van der Waals surface area contributed by atoms with Gasteiger partial charge < -0.3 is 5.32 Å². The SMILES string of the molecule is CCCNCC(c1ccccc1)N1CCCCC1CC. The second kappa shape index (κ2) is 8.43. The molecule has 2 nitrogen and oxygen atoms in total. The van der Waals surface area contributed by atoms with Crippen LogP contribution in [0.3, 0.4) is 0 Å². The van der Waals surface area contributed by atoms with Gasteiger partial charge in [-0.3, -0.25) is 4.90 Å². The molecule has 1 aliphatic heterocycles. The van der Waals surface area contributed by atoms with Gasteiger partial charge in [0.2, 0.25) is 0 Å². The Morgan fingerprint density at radius 2 is 2.00 bits per heavy atom. The van der Waals surface area contributed by atoms with Crippen LogP contribution < -0.4 is 5.32 Å². The highest BCUT2D eigenvalue weighted by molar-refractivity contribution is 5.20. The van der Waals surface area contributed by atoms with Crippen molar-refractivity contribution in [3.05, 3.63) is 35.9 Å². The minimum atomic E-state index is 0.535. The van der Waals surface area contributed by atoms with Crippen molar-refractivity contribution in [2.45, 2.75) is 58.0 Å². The van der Waals surface area contributed by atoms with Crippen molar-refractivity contribution in [3.8, 4) is 0 Å². The molecule has 2 heteroatoms. The van der Waals surface area contributed by atoms with Gasteiger partial charge in [0.05, 0.1) is 0 Å². The molecule has 0 bridgehead atoms. The minimum absolute atomic E-state index is 0.535. The smallest absolute Gasteiger partial charge is 0.0475 e. The zero-order valence-electron chi connectivity index (χ0n) is 13.1. The molecule has 1 aromatic carbocycles. The number of hydrogen-bond donors (Lipinski definition) is 1. The summed E-state index contributed by atoms with van der Waals surface area (Å²) in [6, 6.07) is 12.3. The molecular formula is C18H30N2. The number of benzene rings is 1. The fourth-order valence-electron chi connectivity index (χ4n) is 3.39. The Hall–Kier alpha value is -0.860. The second-order valence-corrected chi connectivity index (χ2v) is 5.93. The van der Waals surface area contributed by atoms with Crippen LogP contribution in [-0.2, 0) is 0 Å².